The Morgan fingerprint density at radius 3 is 2.71 bits per heavy atom. The van der Waals surface area contributed by atoms with Gasteiger partial charge in [-0.1, -0.05) is 32.9 Å². The first-order chi connectivity index (χ1) is 9.97. The molecule has 3 aromatic rings. The molecule has 3 nitrogen and oxygen atoms in total. The van der Waals surface area contributed by atoms with Crippen molar-refractivity contribution in [3.63, 3.8) is 0 Å². The van der Waals surface area contributed by atoms with Gasteiger partial charge in [0, 0.05) is 22.5 Å². The second-order valence-corrected chi connectivity index (χ2v) is 7.31. The van der Waals surface area contributed by atoms with Gasteiger partial charge in [0.25, 0.3) is 0 Å². The Hall–Kier alpha value is -1.65. The van der Waals surface area contributed by atoms with Crippen molar-refractivity contribution in [3.05, 3.63) is 52.1 Å². The van der Waals surface area contributed by atoms with Gasteiger partial charge in [0.05, 0.1) is 18.8 Å². The van der Waals surface area contributed by atoms with Crippen molar-refractivity contribution < 1.29 is 5.11 Å². The number of hydrogen-bond donors (Lipinski definition) is 1. The zero-order valence-corrected chi connectivity index (χ0v) is 13.4. The lowest BCUT2D eigenvalue weighted by molar-refractivity contribution is 0.282. The number of thiazole rings is 1. The van der Waals surface area contributed by atoms with E-state index >= 15 is 0 Å². The Morgan fingerprint density at radius 2 is 2.05 bits per heavy atom. The van der Waals surface area contributed by atoms with Crippen molar-refractivity contribution in [1.29, 1.82) is 0 Å². The average Bonchev–Trinajstić information content (AvgIpc) is 3.06. The van der Waals surface area contributed by atoms with E-state index in [0.29, 0.717) is 0 Å². The van der Waals surface area contributed by atoms with Gasteiger partial charge in [-0.15, -0.1) is 11.3 Å². The average molecular weight is 300 g/mol. The molecule has 0 fully saturated rings. The number of fused-ring (bicyclic) bond motifs is 1. The van der Waals surface area contributed by atoms with Crippen LogP contribution in [0.15, 0.2) is 35.8 Å². The summed E-state index contributed by atoms with van der Waals surface area (Å²) < 4.78 is 2.19. The highest BCUT2D eigenvalue weighted by Crippen LogP contribution is 2.25. The van der Waals surface area contributed by atoms with Gasteiger partial charge >= 0.3 is 0 Å². The van der Waals surface area contributed by atoms with Gasteiger partial charge in [-0.2, -0.15) is 0 Å². The fraction of sp³-hybridized carbons (Fsp3) is 0.353. The molecule has 0 saturated heterocycles. The standard InChI is InChI=1S/C17H20N2OS/c1-17(2,3)15-11-21-16(18-15)9-19-7-6-13-5-4-12(10-20)8-14(13)19/h4-8,11,20H,9-10H2,1-3H3. The van der Waals surface area contributed by atoms with Crippen molar-refractivity contribution in [1.82, 2.24) is 9.55 Å². The summed E-state index contributed by atoms with van der Waals surface area (Å²) in [5.41, 5.74) is 3.33. The highest BCUT2D eigenvalue weighted by Gasteiger charge is 2.17. The second kappa shape index (κ2) is 5.28. The van der Waals surface area contributed by atoms with E-state index in [1.165, 1.54) is 5.39 Å². The van der Waals surface area contributed by atoms with Gasteiger partial charge in [0.15, 0.2) is 0 Å². The van der Waals surface area contributed by atoms with Crippen LogP contribution in [0.4, 0.5) is 0 Å². The van der Waals surface area contributed by atoms with Crippen LogP contribution in [0.2, 0.25) is 0 Å². The summed E-state index contributed by atoms with van der Waals surface area (Å²) in [5.74, 6) is 0. The van der Waals surface area contributed by atoms with E-state index in [2.05, 4.69) is 49.0 Å². The van der Waals surface area contributed by atoms with Crippen LogP contribution in [-0.4, -0.2) is 14.7 Å². The lowest BCUT2D eigenvalue weighted by atomic mass is 9.93. The number of aliphatic hydroxyl groups is 1. The highest BCUT2D eigenvalue weighted by atomic mass is 32.1. The van der Waals surface area contributed by atoms with Gasteiger partial charge in [-0.3, -0.25) is 0 Å². The summed E-state index contributed by atoms with van der Waals surface area (Å²) in [7, 11) is 0. The maximum atomic E-state index is 9.29. The van der Waals surface area contributed by atoms with Crippen molar-refractivity contribution >= 4 is 22.2 Å². The summed E-state index contributed by atoms with van der Waals surface area (Å²) in [5, 5.41) is 13.8. The highest BCUT2D eigenvalue weighted by molar-refractivity contribution is 7.09. The smallest absolute Gasteiger partial charge is 0.113 e. The first kappa shape index (κ1) is 14.3. The molecule has 21 heavy (non-hydrogen) atoms. The predicted molar refractivity (Wildman–Crippen MR) is 87.8 cm³/mol. The zero-order chi connectivity index (χ0) is 15.0. The van der Waals surface area contributed by atoms with Gasteiger partial charge < -0.3 is 9.67 Å². The molecule has 110 valence electrons. The molecule has 3 rings (SSSR count). The molecular weight excluding hydrogens is 280 g/mol. The van der Waals surface area contributed by atoms with Crippen LogP contribution in [-0.2, 0) is 18.6 Å². The molecule has 0 unspecified atom stereocenters. The minimum Gasteiger partial charge on any atom is -0.392 e. The topological polar surface area (TPSA) is 38.0 Å². The molecule has 0 saturated carbocycles. The van der Waals surface area contributed by atoms with Crippen LogP contribution < -0.4 is 0 Å². The summed E-state index contributed by atoms with van der Waals surface area (Å²) in [6.07, 6.45) is 2.09. The van der Waals surface area contributed by atoms with Gasteiger partial charge in [0.2, 0.25) is 0 Å². The van der Waals surface area contributed by atoms with E-state index in [1.807, 2.05) is 12.1 Å². The monoisotopic (exact) mass is 300 g/mol. The molecule has 0 spiro atoms. The van der Waals surface area contributed by atoms with Gasteiger partial charge in [-0.25, -0.2) is 4.98 Å². The minimum absolute atomic E-state index is 0.0759. The number of aromatic nitrogens is 2. The third-order valence-corrected chi connectivity index (χ3v) is 4.48. The van der Waals surface area contributed by atoms with Crippen molar-refractivity contribution in [2.24, 2.45) is 0 Å². The molecule has 4 heteroatoms. The van der Waals surface area contributed by atoms with E-state index in [-0.39, 0.29) is 12.0 Å². The maximum absolute atomic E-state index is 9.29. The van der Waals surface area contributed by atoms with Crippen LogP contribution in [0, 0.1) is 0 Å². The Morgan fingerprint density at radius 1 is 1.24 bits per heavy atom. The quantitative estimate of drug-likeness (QED) is 0.795. The van der Waals surface area contributed by atoms with Gasteiger partial charge in [0.1, 0.15) is 5.01 Å². The third-order valence-electron chi connectivity index (χ3n) is 3.65. The summed E-state index contributed by atoms with van der Waals surface area (Å²) in [4.78, 5) is 4.75. The number of aliphatic hydroxyl groups excluding tert-OH is 1. The Balaban J connectivity index is 1.93. The zero-order valence-electron chi connectivity index (χ0n) is 12.6. The fourth-order valence-corrected chi connectivity index (χ4v) is 3.36. The summed E-state index contributed by atoms with van der Waals surface area (Å²) >= 11 is 1.71. The summed E-state index contributed by atoms with van der Waals surface area (Å²) in [6.45, 7) is 7.41. The molecule has 0 radical (unpaired) electrons. The van der Waals surface area contributed by atoms with Crippen molar-refractivity contribution in [2.75, 3.05) is 0 Å². The Labute approximate surface area is 128 Å². The SMILES string of the molecule is CC(C)(C)c1csc(Cn2ccc3ccc(CO)cc32)n1. The molecule has 2 heterocycles. The van der Waals surface area contributed by atoms with Crippen LogP contribution in [0.1, 0.15) is 37.0 Å². The molecule has 0 aliphatic rings. The van der Waals surface area contributed by atoms with E-state index in [4.69, 9.17) is 4.98 Å². The lowest BCUT2D eigenvalue weighted by Crippen LogP contribution is -2.11. The summed E-state index contributed by atoms with van der Waals surface area (Å²) in [6, 6.07) is 8.18. The molecule has 0 atom stereocenters. The van der Waals surface area contributed by atoms with Gasteiger partial charge in [-0.05, 0) is 23.1 Å². The van der Waals surface area contributed by atoms with Crippen LogP contribution in [0.25, 0.3) is 10.9 Å². The van der Waals surface area contributed by atoms with E-state index in [0.717, 1.165) is 28.3 Å². The minimum atomic E-state index is 0.0759. The van der Waals surface area contributed by atoms with E-state index in [9.17, 15) is 5.11 Å². The molecule has 0 aliphatic carbocycles. The number of rotatable bonds is 3. The van der Waals surface area contributed by atoms with Crippen molar-refractivity contribution in [3.8, 4) is 0 Å². The Bertz CT molecular complexity index is 765. The van der Waals surface area contributed by atoms with E-state index < -0.39 is 0 Å². The van der Waals surface area contributed by atoms with Crippen LogP contribution in [0.3, 0.4) is 0 Å². The second-order valence-electron chi connectivity index (χ2n) is 6.37. The molecule has 0 bridgehead atoms. The van der Waals surface area contributed by atoms with E-state index in [1.54, 1.807) is 11.3 Å². The fourth-order valence-electron chi connectivity index (χ4n) is 2.34. The predicted octanol–water partition coefficient (Wildman–Crippen LogP) is 3.94. The van der Waals surface area contributed by atoms with Crippen LogP contribution in [0.5, 0.6) is 0 Å². The Kier molecular flexibility index (Phi) is 3.59. The molecule has 0 aliphatic heterocycles. The van der Waals surface area contributed by atoms with Crippen LogP contribution >= 0.6 is 11.3 Å². The largest absolute Gasteiger partial charge is 0.392 e. The third kappa shape index (κ3) is 2.87. The molecule has 2 aromatic heterocycles. The maximum Gasteiger partial charge on any atom is 0.113 e. The molecule has 0 amide bonds. The lowest BCUT2D eigenvalue weighted by Gasteiger charge is -2.14. The molecule has 1 aromatic carbocycles. The first-order valence-corrected chi connectivity index (χ1v) is 7.99. The number of hydrogen-bond acceptors (Lipinski definition) is 3. The number of nitrogens with zero attached hydrogens (tertiary/aromatic N) is 2. The normalized spacial score (nSPS) is 12.2. The molecular formula is C17H20N2OS. The first-order valence-electron chi connectivity index (χ1n) is 7.11. The molecule has 1 N–H and O–H groups in total. The number of benzene rings is 1. The van der Waals surface area contributed by atoms with Crippen molar-refractivity contribution in [2.45, 2.75) is 39.3 Å².